The third kappa shape index (κ3) is 3.77. The van der Waals surface area contributed by atoms with Crippen LogP contribution in [0.4, 0.5) is 5.82 Å². The molecule has 5 rings (SSSR count). The van der Waals surface area contributed by atoms with Gasteiger partial charge in [-0.25, -0.2) is 9.97 Å². The standard InChI is InChI=1S/C22H25N3O2S/c1-2-4-17(5-3-1)20-12-19-21(23-15-24-22(19)28-20)25-9-6-18(7-10-25)27-14-16-8-11-26-13-16/h1-5,12,15-16,18H,6-11,13-14H2. The number of rotatable bonds is 5. The van der Waals surface area contributed by atoms with Gasteiger partial charge in [-0.2, -0.15) is 0 Å². The molecule has 0 bridgehead atoms. The van der Waals surface area contributed by atoms with Crippen LogP contribution in [0, 0.1) is 5.92 Å². The molecule has 2 saturated heterocycles. The number of hydrogen-bond acceptors (Lipinski definition) is 6. The van der Waals surface area contributed by atoms with Crippen LogP contribution in [-0.4, -0.2) is 49.0 Å². The predicted molar refractivity (Wildman–Crippen MR) is 113 cm³/mol. The number of aromatic nitrogens is 2. The van der Waals surface area contributed by atoms with Gasteiger partial charge in [0.05, 0.1) is 24.7 Å². The number of nitrogens with zero attached hydrogens (tertiary/aromatic N) is 3. The zero-order valence-electron chi connectivity index (χ0n) is 15.9. The number of anilines is 1. The van der Waals surface area contributed by atoms with Gasteiger partial charge in [-0.3, -0.25) is 0 Å². The summed E-state index contributed by atoms with van der Waals surface area (Å²) in [7, 11) is 0. The molecule has 0 saturated carbocycles. The van der Waals surface area contributed by atoms with Crippen molar-refractivity contribution in [2.45, 2.75) is 25.4 Å². The zero-order chi connectivity index (χ0) is 18.8. The lowest BCUT2D eigenvalue weighted by Crippen LogP contribution is -2.38. The maximum Gasteiger partial charge on any atom is 0.140 e. The maximum atomic E-state index is 6.16. The minimum atomic E-state index is 0.358. The Morgan fingerprint density at radius 1 is 1.11 bits per heavy atom. The number of piperidine rings is 1. The van der Waals surface area contributed by atoms with Crippen molar-refractivity contribution in [2.24, 2.45) is 5.92 Å². The molecule has 2 fully saturated rings. The van der Waals surface area contributed by atoms with Crippen molar-refractivity contribution in [1.82, 2.24) is 9.97 Å². The van der Waals surface area contributed by atoms with E-state index in [9.17, 15) is 0 Å². The number of thiophene rings is 1. The molecule has 28 heavy (non-hydrogen) atoms. The predicted octanol–water partition coefficient (Wildman–Crippen LogP) is 4.38. The smallest absolute Gasteiger partial charge is 0.140 e. The molecule has 4 heterocycles. The summed E-state index contributed by atoms with van der Waals surface area (Å²) in [5.41, 5.74) is 1.24. The summed E-state index contributed by atoms with van der Waals surface area (Å²) < 4.78 is 11.6. The highest BCUT2D eigenvalue weighted by molar-refractivity contribution is 7.21. The van der Waals surface area contributed by atoms with E-state index in [-0.39, 0.29) is 0 Å². The number of fused-ring (bicyclic) bond motifs is 1. The van der Waals surface area contributed by atoms with E-state index in [0.717, 1.165) is 68.2 Å². The summed E-state index contributed by atoms with van der Waals surface area (Å²) in [6.07, 6.45) is 5.30. The second kappa shape index (κ2) is 8.15. The highest BCUT2D eigenvalue weighted by Gasteiger charge is 2.24. The van der Waals surface area contributed by atoms with E-state index < -0.39 is 0 Å². The average molecular weight is 396 g/mol. The van der Waals surface area contributed by atoms with Crippen LogP contribution in [0.3, 0.4) is 0 Å². The maximum absolute atomic E-state index is 6.16. The molecule has 1 aromatic carbocycles. The molecule has 3 aromatic rings. The van der Waals surface area contributed by atoms with Crippen LogP contribution < -0.4 is 4.90 Å². The fraction of sp³-hybridized carbons (Fsp3) is 0.455. The van der Waals surface area contributed by atoms with Gasteiger partial charge in [0.2, 0.25) is 0 Å². The molecule has 0 amide bonds. The van der Waals surface area contributed by atoms with E-state index >= 15 is 0 Å². The fourth-order valence-corrected chi connectivity index (χ4v) is 5.06. The highest BCUT2D eigenvalue weighted by Crippen LogP contribution is 2.36. The van der Waals surface area contributed by atoms with Crippen molar-refractivity contribution in [2.75, 3.05) is 37.8 Å². The van der Waals surface area contributed by atoms with Crippen molar-refractivity contribution in [3.63, 3.8) is 0 Å². The lowest BCUT2D eigenvalue weighted by molar-refractivity contribution is 0.0131. The van der Waals surface area contributed by atoms with Gasteiger partial charge in [-0.05, 0) is 30.9 Å². The van der Waals surface area contributed by atoms with Crippen molar-refractivity contribution < 1.29 is 9.47 Å². The Bertz CT molecular complexity index is 916. The summed E-state index contributed by atoms with van der Waals surface area (Å²) in [6, 6.07) is 12.7. The van der Waals surface area contributed by atoms with Gasteiger partial charge in [0.15, 0.2) is 0 Å². The first-order valence-corrected chi connectivity index (χ1v) is 10.9. The highest BCUT2D eigenvalue weighted by atomic mass is 32.1. The quantitative estimate of drug-likeness (QED) is 0.642. The van der Waals surface area contributed by atoms with Crippen LogP contribution in [0.5, 0.6) is 0 Å². The van der Waals surface area contributed by atoms with Gasteiger partial charge in [0, 0.05) is 30.5 Å². The Labute approximate surface area is 169 Å². The third-order valence-corrected chi connectivity index (χ3v) is 6.79. The first kappa shape index (κ1) is 18.0. The van der Waals surface area contributed by atoms with E-state index in [1.807, 2.05) is 6.07 Å². The molecule has 2 aliphatic heterocycles. The monoisotopic (exact) mass is 395 g/mol. The first-order chi connectivity index (χ1) is 13.9. The lowest BCUT2D eigenvalue weighted by atomic mass is 10.1. The zero-order valence-corrected chi connectivity index (χ0v) is 16.7. The van der Waals surface area contributed by atoms with Crippen LogP contribution in [0.1, 0.15) is 19.3 Å². The second-order valence-corrected chi connectivity index (χ2v) is 8.67. The van der Waals surface area contributed by atoms with Crippen LogP contribution in [0.25, 0.3) is 20.7 Å². The number of benzene rings is 1. The minimum absolute atomic E-state index is 0.358. The van der Waals surface area contributed by atoms with Crippen molar-refractivity contribution in [3.8, 4) is 10.4 Å². The molecule has 0 spiro atoms. The van der Waals surface area contributed by atoms with Gasteiger partial charge in [-0.15, -0.1) is 11.3 Å². The molecular weight excluding hydrogens is 370 g/mol. The molecule has 1 unspecified atom stereocenters. The molecule has 5 nitrogen and oxygen atoms in total. The Kier molecular flexibility index (Phi) is 5.25. The normalized spacial score (nSPS) is 20.9. The van der Waals surface area contributed by atoms with Crippen LogP contribution in [0.15, 0.2) is 42.7 Å². The molecule has 0 N–H and O–H groups in total. The Morgan fingerprint density at radius 3 is 2.75 bits per heavy atom. The molecule has 1 atom stereocenters. The van der Waals surface area contributed by atoms with Crippen LogP contribution >= 0.6 is 11.3 Å². The number of hydrogen-bond donors (Lipinski definition) is 0. The van der Waals surface area contributed by atoms with Gasteiger partial charge in [0.25, 0.3) is 0 Å². The summed E-state index contributed by atoms with van der Waals surface area (Å²) in [5.74, 6) is 1.65. The summed E-state index contributed by atoms with van der Waals surface area (Å²) in [5, 5.41) is 1.16. The molecule has 0 radical (unpaired) electrons. The van der Waals surface area contributed by atoms with Gasteiger partial charge < -0.3 is 14.4 Å². The number of ether oxygens (including phenoxy) is 2. The SMILES string of the molecule is c1ccc(-c2cc3c(N4CCC(OCC5CCOC5)CC4)ncnc3s2)cc1. The van der Waals surface area contributed by atoms with E-state index in [0.29, 0.717) is 12.0 Å². The van der Waals surface area contributed by atoms with Gasteiger partial charge in [-0.1, -0.05) is 30.3 Å². The average Bonchev–Trinajstić information content (AvgIpc) is 3.43. The topological polar surface area (TPSA) is 47.5 Å². The Hall–Kier alpha value is -2.02. The van der Waals surface area contributed by atoms with Gasteiger partial charge >= 0.3 is 0 Å². The summed E-state index contributed by atoms with van der Waals surface area (Å²) in [4.78, 5) is 13.8. The van der Waals surface area contributed by atoms with Crippen LogP contribution in [0.2, 0.25) is 0 Å². The lowest BCUT2D eigenvalue weighted by Gasteiger charge is -2.33. The van der Waals surface area contributed by atoms with Crippen molar-refractivity contribution in [3.05, 3.63) is 42.7 Å². The van der Waals surface area contributed by atoms with Crippen molar-refractivity contribution in [1.29, 1.82) is 0 Å². The Balaban J connectivity index is 1.28. The first-order valence-electron chi connectivity index (χ1n) is 10.1. The van der Waals surface area contributed by atoms with Crippen molar-refractivity contribution >= 4 is 27.4 Å². The van der Waals surface area contributed by atoms with Gasteiger partial charge in [0.1, 0.15) is 17.0 Å². The summed E-state index contributed by atoms with van der Waals surface area (Å²) in [6.45, 7) is 4.55. The molecule has 2 aromatic heterocycles. The summed E-state index contributed by atoms with van der Waals surface area (Å²) >= 11 is 1.74. The molecule has 146 valence electrons. The van der Waals surface area contributed by atoms with Crippen LogP contribution in [-0.2, 0) is 9.47 Å². The third-order valence-electron chi connectivity index (χ3n) is 5.70. The molecule has 6 heteroatoms. The largest absolute Gasteiger partial charge is 0.381 e. The fourth-order valence-electron chi connectivity index (χ4n) is 4.06. The molecule has 0 aliphatic carbocycles. The molecule has 2 aliphatic rings. The van der Waals surface area contributed by atoms with E-state index in [4.69, 9.17) is 9.47 Å². The van der Waals surface area contributed by atoms with E-state index in [1.165, 1.54) is 10.4 Å². The molecular formula is C22H25N3O2S. The second-order valence-electron chi connectivity index (χ2n) is 7.64. The van der Waals surface area contributed by atoms with E-state index in [2.05, 4.69) is 45.2 Å². The minimum Gasteiger partial charge on any atom is -0.381 e. The van der Waals surface area contributed by atoms with E-state index in [1.54, 1.807) is 17.7 Å². The Morgan fingerprint density at radius 2 is 1.96 bits per heavy atom.